The van der Waals surface area contributed by atoms with Crippen LogP contribution in [0.4, 0.5) is 0 Å². The number of aryl methyl sites for hydroxylation is 1. The summed E-state index contributed by atoms with van der Waals surface area (Å²) in [6, 6.07) is 2.51. The van der Waals surface area contributed by atoms with E-state index in [-0.39, 0.29) is 0 Å². The van der Waals surface area contributed by atoms with Crippen LogP contribution in [0.1, 0.15) is 22.2 Å². The first-order chi connectivity index (χ1) is 7.34. The third-order valence-electron chi connectivity index (χ3n) is 2.81. The summed E-state index contributed by atoms with van der Waals surface area (Å²) in [4.78, 5) is 5.93. The van der Waals surface area contributed by atoms with Gasteiger partial charge in [-0.1, -0.05) is 0 Å². The van der Waals surface area contributed by atoms with Crippen LogP contribution in [-0.2, 0) is 13.5 Å². The summed E-state index contributed by atoms with van der Waals surface area (Å²) >= 11 is 1.86. The highest BCUT2D eigenvalue weighted by atomic mass is 32.1. The molecule has 78 valence electrons. The van der Waals surface area contributed by atoms with Crippen molar-refractivity contribution >= 4 is 11.3 Å². The predicted molar refractivity (Wildman–Crippen MR) is 61.1 cm³/mol. The predicted octanol–water partition coefficient (Wildman–Crippen LogP) is 1.72. The van der Waals surface area contributed by atoms with Crippen molar-refractivity contribution in [1.29, 1.82) is 0 Å². The Kier molecular flexibility index (Phi) is 2.11. The summed E-state index contributed by atoms with van der Waals surface area (Å²) in [5, 5.41) is 5.70. The standard InChI is InChI=1S/C11H13N3S/c1-14-6-9(13-7-14)11-8-3-5-15-10(8)2-4-12-11/h3,5-7,11-12H,2,4H2,1H3. The molecule has 4 heteroatoms. The highest BCUT2D eigenvalue weighted by Gasteiger charge is 2.23. The van der Waals surface area contributed by atoms with Crippen LogP contribution in [0.15, 0.2) is 24.0 Å². The molecule has 0 aliphatic carbocycles. The molecule has 0 aromatic carbocycles. The molecule has 0 amide bonds. The molecule has 1 atom stereocenters. The van der Waals surface area contributed by atoms with Gasteiger partial charge in [-0.2, -0.15) is 0 Å². The summed E-state index contributed by atoms with van der Waals surface area (Å²) in [5.74, 6) is 0. The molecule has 3 rings (SSSR count). The van der Waals surface area contributed by atoms with Crippen LogP contribution in [0.3, 0.4) is 0 Å². The normalized spacial score (nSPS) is 20.2. The third-order valence-corrected chi connectivity index (χ3v) is 3.81. The van der Waals surface area contributed by atoms with Gasteiger partial charge in [0.1, 0.15) is 0 Å². The number of rotatable bonds is 1. The summed E-state index contributed by atoms with van der Waals surface area (Å²) in [7, 11) is 2.01. The van der Waals surface area contributed by atoms with Gasteiger partial charge in [0.05, 0.1) is 18.1 Å². The maximum absolute atomic E-state index is 4.42. The van der Waals surface area contributed by atoms with Crippen LogP contribution in [0, 0.1) is 0 Å². The number of fused-ring (bicyclic) bond motifs is 1. The number of hydrogen-bond acceptors (Lipinski definition) is 3. The monoisotopic (exact) mass is 219 g/mol. The zero-order valence-corrected chi connectivity index (χ0v) is 9.42. The van der Waals surface area contributed by atoms with Gasteiger partial charge in [-0.3, -0.25) is 0 Å². The summed E-state index contributed by atoms with van der Waals surface area (Å²) < 4.78 is 2.00. The van der Waals surface area contributed by atoms with E-state index < -0.39 is 0 Å². The van der Waals surface area contributed by atoms with Crippen molar-refractivity contribution in [3.05, 3.63) is 40.1 Å². The fraction of sp³-hybridized carbons (Fsp3) is 0.364. The molecule has 1 aliphatic heterocycles. The lowest BCUT2D eigenvalue weighted by molar-refractivity contribution is 0.565. The molecule has 3 nitrogen and oxygen atoms in total. The van der Waals surface area contributed by atoms with Crippen molar-refractivity contribution in [1.82, 2.24) is 14.9 Å². The highest BCUT2D eigenvalue weighted by molar-refractivity contribution is 7.10. The van der Waals surface area contributed by atoms with E-state index in [0.29, 0.717) is 6.04 Å². The number of nitrogens with one attached hydrogen (secondary N) is 1. The molecule has 0 saturated heterocycles. The Balaban J connectivity index is 2.02. The molecule has 0 saturated carbocycles. The molecule has 0 spiro atoms. The third kappa shape index (κ3) is 1.50. The van der Waals surface area contributed by atoms with Crippen molar-refractivity contribution in [2.75, 3.05) is 6.54 Å². The van der Waals surface area contributed by atoms with Crippen LogP contribution in [0.25, 0.3) is 0 Å². The maximum Gasteiger partial charge on any atom is 0.0947 e. The van der Waals surface area contributed by atoms with E-state index >= 15 is 0 Å². The first-order valence-corrected chi connectivity index (χ1v) is 6.00. The smallest absolute Gasteiger partial charge is 0.0947 e. The fourth-order valence-electron chi connectivity index (χ4n) is 2.10. The van der Waals surface area contributed by atoms with E-state index in [4.69, 9.17) is 0 Å². The number of imidazole rings is 1. The second-order valence-corrected chi connectivity index (χ2v) is 4.90. The molecule has 0 bridgehead atoms. The van der Waals surface area contributed by atoms with Crippen LogP contribution >= 0.6 is 11.3 Å². The Morgan fingerprint density at radius 3 is 3.33 bits per heavy atom. The molecule has 1 aliphatic rings. The molecule has 2 aromatic rings. The number of nitrogens with zero attached hydrogens (tertiary/aromatic N) is 2. The second kappa shape index (κ2) is 3.47. The van der Waals surface area contributed by atoms with Crippen molar-refractivity contribution < 1.29 is 0 Å². The Bertz CT molecular complexity index is 472. The van der Waals surface area contributed by atoms with Gasteiger partial charge in [0.15, 0.2) is 0 Å². The second-order valence-electron chi connectivity index (χ2n) is 3.90. The Labute approximate surface area is 92.8 Å². The van der Waals surface area contributed by atoms with Gasteiger partial charge < -0.3 is 9.88 Å². The van der Waals surface area contributed by atoms with Gasteiger partial charge in [0.25, 0.3) is 0 Å². The number of thiophene rings is 1. The minimum Gasteiger partial charge on any atom is -0.340 e. The van der Waals surface area contributed by atoms with Crippen LogP contribution in [0.5, 0.6) is 0 Å². The van der Waals surface area contributed by atoms with Gasteiger partial charge in [-0.15, -0.1) is 11.3 Å². The first kappa shape index (κ1) is 9.12. The van der Waals surface area contributed by atoms with Crippen molar-refractivity contribution in [3.63, 3.8) is 0 Å². The molecular formula is C11H13N3S. The lowest BCUT2D eigenvalue weighted by atomic mass is 10.0. The minimum absolute atomic E-state index is 0.293. The first-order valence-electron chi connectivity index (χ1n) is 5.12. The molecule has 1 unspecified atom stereocenters. The van der Waals surface area contributed by atoms with E-state index in [1.165, 1.54) is 10.4 Å². The number of hydrogen-bond donors (Lipinski definition) is 1. The van der Waals surface area contributed by atoms with Crippen LogP contribution in [-0.4, -0.2) is 16.1 Å². The molecule has 15 heavy (non-hydrogen) atoms. The SMILES string of the molecule is Cn1cnc(C2NCCc3sccc32)c1. The summed E-state index contributed by atoms with van der Waals surface area (Å²) in [5.41, 5.74) is 2.53. The van der Waals surface area contributed by atoms with Crippen LogP contribution < -0.4 is 5.32 Å². The van der Waals surface area contributed by atoms with E-state index in [0.717, 1.165) is 18.7 Å². The van der Waals surface area contributed by atoms with Gasteiger partial charge in [0, 0.05) is 24.7 Å². The largest absolute Gasteiger partial charge is 0.340 e. The molecule has 1 N–H and O–H groups in total. The lowest BCUT2D eigenvalue weighted by Gasteiger charge is -2.22. The van der Waals surface area contributed by atoms with E-state index in [1.807, 2.05) is 29.3 Å². The Morgan fingerprint density at radius 2 is 2.53 bits per heavy atom. The van der Waals surface area contributed by atoms with Gasteiger partial charge in [0.2, 0.25) is 0 Å². The van der Waals surface area contributed by atoms with Crippen molar-refractivity contribution in [3.8, 4) is 0 Å². The summed E-state index contributed by atoms with van der Waals surface area (Å²) in [6.07, 6.45) is 5.10. The minimum atomic E-state index is 0.293. The van der Waals surface area contributed by atoms with Crippen LogP contribution in [0.2, 0.25) is 0 Å². The Hall–Kier alpha value is -1.13. The molecule has 0 fully saturated rings. The lowest BCUT2D eigenvalue weighted by Crippen LogP contribution is -2.29. The van der Waals surface area contributed by atoms with E-state index in [9.17, 15) is 0 Å². The molecule has 3 heterocycles. The van der Waals surface area contributed by atoms with Crippen molar-refractivity contribution in [2.45, 2.75) is 12.5 Å². The van der Waals surface area contributed by atoms with Gasteiger partial charge in [-0.05, 0) is 23.4 Å². The topological polar surface area (TPSA) is 29.9 Å². The molecular weight excluding hydrogens is 206 g/mol. The van der Waals surface area contributed by atoms with E-state index in [2.05, 4.69) is 27.9 Å². The quantitative estimate of drug-likeness (QED) is 0.791. The number of aromatic nitrogens is 2. The maximum atomic E-state index is 4.42. The van der Waals surface area contributed by atoms with E-state index in [1.54, 1.807) is 0 Å². The average Bonchev–Trinajstić information content (AvgIpc) is 2.84. The van der Waals surface area contributed by atoms with Gasteiger partial charge >= 0.3 is 0 Å². The Morgan fingerprint density at radius 1 is 1.60 bits per heavy atom. The molecule has 0 radical (unpaired) electrons. The van der Waals surface area contributed by atoms with Gasteiger partial charge in [-0.25, -0.2) is 4.98 Å². The van der Waals surface area contributed by atoms with Crippen molar-refractivity contribution in [2.24, 2.45) is 7.05 Å². The summed E-state index contributed by atoms with van der Waals surface area (Å²) in [6.45, 7) is 1.05. The fourth-order valence-corrected chi connectivity index (χ4v) is 3.02. The molecule has 2 aromatic heterocycles. The zero-order chi connectivity index (χ0) is 10.3. The average molecular weight is 219 g/mol. The highest BCUT2D eigenvalue weighted by Crippen LogP contribution is 2.30. The zero-order valence-electron chi connectivity index (χ0n) is 8.60.